The molecule has 2 aliphatic rings. The van der Waals surface area contributed by atoms with Crippen LogP contribution in [0.4, 0.5) is 17.6 Å². The number of carbonyl (C=O) groups excluding carboxylic acids is 2. The Morgan fingerprint density at radius 1 is 1.27 bits per heavy atom. The van der Waals surface area contributed by atoms with Crippen molar-refractivity contribution in [2.75, 3.05) is 10.6 Å². The maximum Gasteiger partial charge on any atom is 0.254 e. The molecule has 1 saturated carbocycles. The Kier molecular flexibility index (Phi) is 4.39. The van der Waals surface area contributed by atoms with Gasteiger partial charge in [0.25, 0.3) is 5.91 Å². The molecule has 0 bridgehead atoms. The number of amides is 2. The fourth-order valence-electron chi connectivity index (χ4n) is 3.21. The van der Waals surface area contributed by atoms with Crippen molar-refractivity contribution < 1.29 is 9.59 Å². The normalized spacial score (nSPS) is 17.6. The number of nitrogens with one attached hydrogen (secondary N) is 3. The van der Waals surface area contributed by atoms with Crippen LogP contribution < -0.4 is 16.0 Å². The second-order valence-corrected chi connectivity index (χ2v) is 7.87. The minimum absolute atomic E-state index is 0.0429. The lowest BCUT2D eigenvalue weighted by Gasteiger charge is -2.12. The van der Waals surface area contributed by atoms with Crippen LogP contribution in [0.15, 0.2) is 30.0 Å². The van der Waals surface area contributed by atoms with Crippen molar-refractivity contribution in [3.63, 3.8) is 0 Å². The topological polar surface area (TPSA) is 113 Å². The van der Waals surface area contributed by atoms with Gasteiger partial charge in [-0.3, -0.25) is 14.9 Å². The molecule has 1 aliphatic heterocycles. The van der Waals surface area contributed by atoms with Gasteiger partial charge in [0.05, 0.1) is 12.6 Å². The molecule has 0 unspecified atom stereocenters. The molecule has 1 aromatic carbocycles. The fourth-order valence-corrected chi connectivity index (χ4v) is 3.39. The first-order valence-electron chi connectivity index (χ1n) is 9.56. The number of fused-ring (bicyclic) bond motifs is 1. The highest BCUT2D eigenvalue weighted by atomic mass is 35.5. The molecule has 3 heterocycles. The average molecular weight is 424 g/mol. The van der Waals surface area contributed by atoms with E-state index in [2.05, 4.69) is 31.0 Å². The summed E-state index contributed by atoms with van der Waals surface area (Å²) in [6.45, 7) is 1.96. The van der Waals surface area contributed by atoms with Crippen molar-refractivity contribution in [3.05, 3.63) is 46.1 Å². The third-order valence-electron chi connectivity index (χ3n) is 4.98. The van der Waals surface area contributed by atoms with Crippen LogP contribution in [0, 0.1) is 6.92 Å². The SMILES string of the molecule is Cc1ccc(Cl)cc1Nc1nc(NC2CC2)n2ncc(/C=C3\CC(=O)NC3=O)c2n1. The zero-order chi connectivity index (χ0) is 20.8. The predicted molar refractivity (Wildman–Crippen MR) is 113 cm³/mol. The molecule has 0 atom stereocenters. The highest BCUT2D eigenvalue weighted by Gasteiger charge is 2.26. The lowest BCUT2D eigenvalue weighted by atomic mass is 10.1. The average Bonchev–Trinajstić information content (AvgIpc) is 3.34. The van der Waals surface area contributed by atoms with Crippen LogP contribution in [0.3, 0.4) is 0 Å². The molecule has 30 heavy (non-hydrogen) atoms. The molecule has 5 rings (SSSR count). The number of imide groups is 1. The number of aromatic nitrogens is 4. The molecular weight excluding hydrogens is 406 g/mol. The number of benzene rings is 1. The molecule has 0 spiro atoms. The Morgan fingerprint density at radius 2 is 2.10 bits per heavy atom. The van der Waals surface area contributed by atoms with E-state index in [9.17, 15) is 9.59 Å². The van der Waals surface area contributed by atoms with Crippen LogP contribution in [-0.4, -0.2) is 37.4 Å². The van der Waals surface area contributed by atoms with Gasteiger partial charge in [0, 0.05) is 27.9 Å². The van der Waals surface area contributed by atoms with E-state index in [1.54, 1.807) is 16.8 Å². The Balaban J connectivity index is 1.59. The first-order valence-corrected chi connectivity index (χ1v) is 9.94. The van der Waals surface area contributed by atoms with E-state index in [4.69, 9.17) is 11.6 Å². The summed E-state index contributed by atoms with van der Waals surface area (Å²) in [5.74, 6) is 0.231. The first kappa shape index (κ1) is 18.6. The van der Waals surface area contributed by atoms with Gasteiger partial charge >= 0.3 is 0 Å². The molecule has 2 amide bonds. The van der Waals surface area contributed by atoms with Crippen molar-refractivity contribution >= 4 is 52.7 Å². The number of hydrogen-bond acceptors (Lipinski definition) is 7. The van der Waals surface area contributed by atoms with Gasteiger partial charge in [0.2, 0.25) is 17.8 Å². The summed E-state index contributed by atoms with van der Waals surface area (Å²) in [4.78, 5) is 32.7. The summed E-state index contributed by atoms with van der Waals surface area (Å²) in [5, 5.41) is 13.9. The van der Waals surface area contributed by atoms with Crippen molar-refractivity contribution in [2.45, 2.75) is 32.2 Å². The van der Waals surface area contributed by atoms with Gasteiger partial charge in [-0.05, 0) is 43.5 Å². The van der Waals surface area contributed by atoms with E-state index < -0.39 is 5.91 Å². The van der Waals surface area contributed by atoms with Crippen LogP contribution in [0.1, 0.15) is 30.4 Å². The zero-order valence-corrected chi connectivity index (χ0v) is 16.8. The van der Waals surface area contributed by atoms with E-state index in [0.29, 0.717) is 39.7 Å². The minimum atomic E-state index is -0.391. The van der Waals surface area contributed by atoms with Crippen molar-refractivity contribution in [1.29, 1.82) is 0 Å². The largest absolute Gasteiger partial charge is 0.351 e. The molecule has 2 fully saturated rings. The maximum absolute atomic E-state index is 11.9. The highest BCUT2D eigenvalue weighted by Crippen LogP contribution is 2.28. The van der Waals surface area contributed by atoms with Crippen molar-refractivity contribution in [2.24, 2.45) is 0 Å². The van der Waals surface area contributed by atoms with Gasteiger partial charge in [-0.1, -0.05) is 17.7 Å². The monoisotopic (exact) mass is 423 g/mol. The highest BCUT2D eigenvalue weighted by molar-refractivity contribution is 6.30. The molecule has 3 aromatic rings. The van der Waals surface area contributed by atoms with Crippen LogP contribution in [-0.2, 0) is 9.59 Å². The van der Waals surface area contributed by atoms with Crippen LogP contribution in [0.5, 0.6) is 0 Å². The summed E-state index contributed by atoms with van der Waals surface area (Å²) in [7, 11) is 0. The zero-order valence-electron chi connectivity index (χ0n) is 16.1. The Hall–Kier alpha value is -3.46. The molecule has 10 heteroatoms. The van der Waals surface area contributed by atoms with Crippen LogP contribution >= 0.6 is 11.6 Å². The van der Waals surface area contributed by atoms with Gasteiger partial charge in [0.15, 0.2) is 5.65 Å². The summed E-state index contributed by atoms with van der Waals surface area (Å²) < 4.78 is 1.61. The Labute approximate surface area is 176 Å². The summed E-state index contributed by atoms with van der Waals surface area (Å²) in [6.07, 6.45) is 5.44. The summed E-state index contributed by atoms with van der Waals surface area (Å²) >= 11 is 6.13. The lowest BCUT2D eigenvalue weighted by molar-refractivity contribution is -0.124. The molecule has 9 nitrogen and oxygen atoms in total. The second-order valence-electron chi connectivity index (χ2n) is 7.43. The minimum Gasteiger partial charge on any atom is -0.351 e. The second kappa shape index (κ2) is 7.10. The molecule has 0 radical (unpaired) electrons. The molecule has 2 aromatic heterocycles. The van der Waals surface area contributed by atoms with E-state index in [-0.39, 0.29) is 12.3 Å². The van der Waals surface area contributed by atoms with E-state index in [1.807, 2.05) is 25.1 Å². The number of halogens is 1. The van der Waals surface area contributed by atoms with Crippen molar-refractivity contribution in [1.82, 2.24) is 24.9 Å². The van der Waals surface area contributed by atoms with Crippen LogP contribution in [0.25, 0.3) is 11.7 Å². The third-order valence-corrected chi connectivity index (χ3v) is 5.21. The molecule has 152 valence electrons. The number of nitrogens with zero attached hydrogens (tertiary/aromatic N) is 4. The number of hydrogen-bond donors (Lipinski definition) is 3. The Morgan fingerprint density at radius 3 is 2.83 bits per heavy atom. The Bertz CT molecular complexity index is 1230. The van der Waals surface area contributed by atoms with Crippen LogP contribution in [0.2, 0.25) is 5.02 Å². The van der Waals surface area contributed by atoms with Gasteiger partial charge in [0.1, 0.15) is 0 Å². The summed E-state index contributed by atoms with van der Waals surface area (Å²) in [5.41, 5.74) is 3.32. The predicted octanol–water partition coefficient (Wildman–Crippen LogP) is 2.83. The first-order chi connectivity index (χ1) is 14.5. The number of carbonyl (C=O) groups is 2. The molecule has 1 saturated heterocycles. The van der Waals surface area contributed by atoms with Gasteiger partial charge in [-0.25, -0.2) is 0 Å². The maximum atomic E-state index is 11.9. The summed E-state index contributed by atoms with van der Waals surface area (Å²) in [6, 6.07) is 5.90. The molecule has 3 N–H and O–H groups in total. The number of rotatable bonds is 5. The molecular formula is C20H18ClN7O2. The standard InChI is InChI=1S/C20H18ClN7O2/c1-10-2-3-13(21)8-15(10)24-19-26-17-12(6-11-7-16(29)25-18(11)30)9-22-28(17)20(27-19)23-14-4-5-14/h2-3,6,8-9,14H,4-5,7H2,1H3,(H,25,29,30)(H2,23,24,26,27)/b11-6+. The smallest absolute Gasteiger partial charge is 0.254 e. The van der Waals surface area contributed by atoms with Gasteiger partial charge < -0.3 is 10.6 Å². The number of aryl methyl sites for hydroxylation is 1. The van der Waals surface area contributed by atoms with Gasteiger partial charge in [-0.2, -0.15) is 19.6 Å². The van der Waals surface area contributed by atoms with E-state index in [1.165, 1.54) is 0 Å². The van der Waals surface area contributed by atoms with Crippen molar-refractivity contribution in [3.8, 4) is 0 Å². The lowest BCUT2D eigenvalue weighted by Crippen LogP contribution is -2.19. The van der Waals surface area contributed by atoms with E-state index >= 15 is 0 Å². The molecule has 1 aliphatic carbocycles. The third kappa shape index (κ3) is 3.59. The fraction of sp³-hybridized carbons (Fsp3) is 0.250. The quantitative estimate of drug-likeness (QED) is 0.427. The van der Waals surface area contributed by atoms with E-state index in [0.717, 1.165) is 24.1 Å². The number of anilines is 3. The van der Waals surface area contributed by atoms with Gasteiger partial charge in [-0.15, -0.1) is 0 Å².